The van der Waals surface area contributed by atoms with E-state index >= 15 is 0 Å². The highest BCUT2D eigenvalue weighted by Gasteiger charge is 2.06. The molecular weight excluding hydrogens is 350 g/mol. The number of rotatable bonds is 4. The molecule has 0 radical (unpaired) electrons. The molecule has 2 heterocycles. The van der Waals surface area contributed by atoms with Crippen LogP contribution in [0.5, 0.6) is 0 Å². The molecule has 0 unspecified atom stereocenters. The van der Waals surface area contributed by atoms with E-state index in [1.807, 2.05) is 17.5 Å². The highest BCUT2D eigenvalue weighted by Crippen LogP contribution is 2.26. The van der Waals surface area contributed by atoms with Crippen LogP contribution in [-0.4, -0.2) is 10.9 Å². The number of nitrogens with zero attached hydrogens (tertiary/aromatic N) is 1. The molecule has 2 aromatic rings. The minimum Gasteiger partial charge on any atom is -0.379 e. The third-order valence-electron chi connectivity index (χ3n) is 2.31. The SMILES string of the molecule is CC(=O)Nc1ccsc1CNc1cnc(Cl)c(Br)c1. The fourth-order valence-corrected chi connectivity index (χ4v) is 2.70. The summed E-state index contributed by atoms with van der Waals surface area (Å²) in [6.45, 7) is 2.11. The van der Waals surface area contributed by atoms with E-state index in [4.69, 9.17) is 11.6 Å². The lowest BCUT2D eigenvalue weighted by molar-refractivity contribution is -0.114. The number of hydrogen-bond donors (Lipinski definition) is 2. The van der Waals surface area contributed by atoms with Crippen LogP contribution < -0.4 is 10.6 Å². The third kappa shape index (κ3) is 3.92. The molecule has 2 N–H and O–H groups in total. The number of halogens is 2. The molecule has 19 heavy (non-hydrogen) atoms. The largest absolute Gasteiger partial charge is 0.379 e. The highest BCUT2D eigenvalue weighted by molar-refractivity contribution is 9.10. The lowest BCUT2D eigenvalue weighted by Gasteiger charge is -2.08. The third-order valence-corrected chi connectivity index (χ3v) is 4.36. The summed E-state index contributed by atoms with van der Waals surface area (Å²) in [6.07, 6.45) is 1.67. The summed E-state index contributed by atoms with van der Waals surface area (Å²) in [7, 11) is 0. The van der Waals surface area contributed by atoms with Crippen LogP contribution in [0.4, 0.5) is 11.4 Å². The topological polar surface area (TPSA) is 54.0 Å². The lowest BCUT2D eigenvalue weighted by Crippen LogP contribution is -2.08. The number of amides is 1. The molecule has 0 spiro atoms. The molecular formula is C12H11BrClN3OS. The summed E-state index contributed by atoms with van der Waals surface area (Å²) in [5.74, 6) is -0.0736. The van der Waals surface area contributed by atoms with Gasteiger partial charge in [0.05, 0.1) is 28.6 Å². The maximum absolute atomic E-state index is 11.1. The van der Waals surface area contributed by atoms with Crippen LogP contribution in [0.25, 0.3) is 0 Å². The Morgan fingerprint density at radius 2 is 2.37 bits per heavy atom. The second-order valence-corrected chi connectivity index (χ2v) is 6.00. The summed E-state index contributed by atoms with van der Waals surface area (Å²) in [5.41, 5.74) is 1.70. The van der Waals surface area contributed by atoms with E-state index in [1.165, 1.54) is 6.92 Å². The van der Waals surface area contributed by atoms with Crippen LogP contribution in [0, 0.1) is 0 Å². The van der Waals surface area contributed by atoms with Gasteiger partial charge < -0.3 is 10.6 Å². The fourth-order valence-electron chi connectivity index (χ4n) is 1.48. The fraction of sp³-hybridized carbons (Fsp3) is 0.167. The van der Waals surface area contributed by atoms with Gasteiger partial charge in [0.1, 0.15) is 5.15 Å². The minimum absolute atomic E-state index is 0.0736. The number of pyridine rings is 1. The van der Waals surface area contributed by atoms with Gasteiger partial charge in [-0.3, -0.25) is 4.79 Å². The van der Waals surface area contributed by atoms with Crippen molar-refractivity contribution >= 4 is 56.1 Å². The number of carbonyl (C=O) groups excluding carboxylic acids is 1. The van der Waals surface area contributed by atoms with Crippen molar-refractivity contribution in [3.63, 3.8) is 0 Å². The number of nitrogens with one attached hydrogen (secondary N) is 2. The monoisotopic (exact) mass is 359 g/mol. The van der Waals surface area contributed by atoms with Crippen molar-refractivity contribution in [1.29, 1.82) is 0 Å². The van der Waals surface area contributed by atoms with Crippen LogP contribution in [0.1, 0.15) is 11.8 Å². The molecule has 0 bridgehead atoms. The minimum atomic E-state index is -0.0736. The van der Waals surface area contributed by atoms with Gasteiger partial charge in [0, 0.05) is 11.8 Å². The zero-order chi connectivity index (χ0) is 13.8. The first-order chi connectivity index (χ1) is 9.06. The van der Waals surface area contributed by atoms with Crippen LogP contribution in [-0.2, 0) is 11.3 Å². The smallest absolute Gasteiger partial charge is 0.221 e. The molecule has 0 atom stereocenters. The number of anilines is 2. The van der Waals surface area contributed by atoms with Gasteiger partial charge in [-0.15, -0.1) is 11.3 Å². The lowest BCUT2D eigenvalue weighted by atomic mass is 10.3. The van der Waals surface area contributed by atoms with Gasteiger partial charge >= 0.3 is 0 Å². The molecule has 0 aromatic carbocycles. The van der Waals surface area contributed by atoms with Gasteiger partial charge in [-0.2, -0.15) is 0 Å². The molecule has 0 aliphatic heterocycles. The summed E-state index contributed by atoms with van der Waals surface area (Å²) in [6, 6.07) is 3.75. The van der Waals surface area contributed by atoms with Gasteiger partial charge in [-0.05, 0) is 33.4 Å². The zero-order valence-corrected chi connectivity index (χ0v) is 13.2. The summed E-state index contributed by atoms with van der Waals surface area (Å²) in [4.78, 5) is 16.2. The predicted octanol–water partition coefficient (Wildman–Crippen LogP) is 4.13. The van der Waals surface area contributed by atoms with E-state index in [-0.39, 0.29) is 5.91 Å². The Morgan fingerprint density at radius 3 is 3.05 bits per heavy atom. The molecule has 2 aromatic heterocycles. The van der Waals surface area contributed by atoms with E-state index in [1.54, 1.807) is 17.5 Å². The number of aromatic nitrogens is 1. The molecule has 0 aliphatic rings. The number of thiophene rings is 1. The van der Waals surface area contributed by atoms with E-state index in [0.29, 0.717) is 11.7 Å². The van der Waals surface area contributed by atoms with E-state index in [9.17, 15) is 4.79 Å². The van der Waals surface area contributed by atoms with Crippen LogP contribution in [0.2, 0.25) is 5.15 Å². The zero-order valence-electron chi connectivity index (χ0n) is 10.0. The Hall–Kier alpha value is -1.11. The van der Waals surface area contributed by atoms with Crippen molar-refractivity contribution in [3.05, 3.63) is 38.2 Å². The second-order valence-electron chi connectivity index (χ2n) is 3.79. The Balaban J connectivity index is 2.04. The second kappa shape index (κ2) is 6.36. The maximum atomic E-state index is 11.1. The van der Waals surface area contributed by atoms with E-state index < -0.39 is 0 Å². The summed E-state index contributed by atoms with van der Waals surface area (Å²) in [5, 5.41) is 8.41. The highest BCUT2D eigenvalue weighted by atomic mass is 79.9. The number of hydrogen-bond acceptors (Lipinski definition) is 4. The van der Waals surface area contributed by atoms with Gasteiger partial charge in [0.2, 0.25) is 5.91 Å². The molecule has 2 rings (SSSR count). The van der Waals surface area contributed by atoms with Crippen molar-refractivity contribution in [2.75, 3.05) is 10.6 Å². The molecule has 7 heteroatoms. The first kappa shape index (κ1) is 14.3. The van der Waals surface area contributed by atoms with E-state index in [0.717, 1.165) is 20.7 Å². The predicted molar refractivity (Wildman–Crippen MR) is 82.9 cm³/mol. The first-order valence-electron chi connectivity index (χ1n) is 5.45. The molecule has 0 aliphatic carbocycles. The Labute approximate surface area is 128 Å². The van der Waals surface area contributed by atoms with Gasteiger partial charge in [-0.25, -0.2) is 4.98 Å². The number of carbonyl (C=O) groups is 1. The molecule has 1 amide bonds. The van der Waals surface area contributed by atoms with Crippen molar-refractivity contribution in [3.8, 4) is 0 Å². The molecule has 0 fully saturated rings. The Kier molecular flexibility index (Phi) is 4.79. The average molecular weight is 361 g/mol. The standard InChI is InChI=1S/C12H11BrClN3OS/c1-7(18)17-10-2-3-19-11(10)6-15-8-4-9(13)12(14)16-5-8/h2-5,15H,6H2,1H3,(H,17,18). The Bertz CT molecular complexity index is 602. The quantitative estimate of drug-likeness (QED) is 0.806. The van der Waals surface area contributed by atoms with Crippen LogP contribution >= 0.6 is 38.9 Å². The maximum Gasteiger partial charge on any atom is 0.221 e. The summed E-state index contributed by atoms with van der Waals surface area (Å²) < 4.78 is 0.743. The normalized spacial score (nSPS) is 10.3. The van der Waals surface area contributed by atoms with E-state index in [2.05, 4.69) is 31.5 Å². The van der Waals surface area contributed by atoms with Crippen molar-refractivity contribution in [1.82, 2.24) is 4.98 Å². The first-order valence-corrected chi connectivity index (χ1v) is 7.50. The molecule has 0 saturated carbocycles. The van der Waals surface area contributed by atoms with Gasteiger partial charge in [-0.1, -0.05) is 11.6 Å². The van der Waals surface area contributed by atoms with Gasteiger partial charge in [0.15, 0.2) is 0 Å². The van der Waals surface area contributed by atoms with Crippen LogP contribution in [0.3, 0.4) is 0 Å². The van der Waals surface area contributed by atoms with Crippen molar-refractivity contribution < 1.29 is 4.79 Å². The Morgan fingerprint density at radius 1 is 1.58 bits per heavy atom. The average Bonchev–Trinajstić information content (AvgIpc) is 2.77. The van der Waals surface area contributed by atoms with Crippen molar-refractivity contribution in [2.24, 2.45) is 0 Å². The van der Waals surface area contributed by atoms with Crippen molar-refractivity contribution in [2.45, 2.75) is 13.5 Å². The van der Waals surface area contributed by atoms with Crippen LogP contribution in [0.15, 0.2) is 28.2 Å². The molecule has 4 nitrogen and oxygen atoms in total. The summed E-state index contributed by atoms with van der Waals surface area (Å²) >= 11 is 10.7. The van der Waals surface area contributed by atoms with Gasteiger partial charge in [0.25, 0.3) is 0 Å². The molecule has 100 valence electrons. The molecule has 0 saturated heterocycles.